The van der Waals surface area contributed by atoms with Crippen LogP contribution in [0.25, 0.3) is 0 Å². The van der Waals surface area contributed by atoms with Gasteiger partial charge < -0.3 is 10.2 Å². The lowest BCUT2D eigenvalue weighted by atomic mass is 10.1. The summed E-state index contributed by atoms with van der Waals surface area (Å²) in [6.07, 6.45) is 0.00141. The van der Waals surface area contributed by atoms with Crippen molar-refractivity contribution in [2.45, 2.75) is 36.9 Å². The van der Waals surface area contributed by atoms with Gasteiger partial charge in [-0.05, 0) is 37.5 Å². The van der Waals surface area contributed by atoms with E-state index in [-0.39, 0.29) is 11.4 Å². The van der Waals surface area contributed by atoms with Crippen molar-refractivity contribution < 1.29 is 18.6 Å². The maximum Gasteiger partial charge on any atom is 0.243 e. The van der Waals surface area contributed by atoms with Crippen LogP contribution in [0.15, 0.2) is 29.2 Å². The van der Waals surface area contributed by atoms with E-state index in [4.69, 9.17) is 0 Å². The zero-order valence-corrected chi connectivity index (χ0v) is 11.7. The van der Waals surface area contributed by atoms with Gasteiger partial charge in [-0.3, -0.25) is 0 Å². The number of hydrogen-bond donors (Lipinski definition) is 2. The summed E-state index contributed by atoms with van der Waals surface area (Å²) in [7, 11) is -3.59. The van der Waals surface area contributed by atoms with Crippen LogP contribution in [0, 0.1) is 0 Å². The minimum atomic E-state index is -3.59. The van der Waals surface area contributed by atoms with E-state index in [1.165, 1.54) is 16.4 Å². The molecule has 6 heteroatoms. The molecule has 0 aliphatic carbocycles. The molecule has 19 heavy (non-hydrogen) atoms. The molecule has 1 aliphatic heterocycles. The maximum atomic E-state index is 12.4. The van der Waals surface area contributed by atoms with Gasteiger partial charge in [0.15, 0.2) is 0 Å². The van der Waals surface area contributed by atoms with Crippen molar-refractivity contribution in [3.63, 3.8) is 0 Å². The van der Waals surface area contributed by atoms with Crippen LogP contribution in [0.2, 0.25) is 0 Å². The first-order chi connectivity index (χ1) is 8.91. The number of sulfonamides is 1. The second kappa shape index (κ2) is 5.58. The summed E-state index contributed by atoms with van der Waals surface area (Å²) in [5.41, 5.74) is 0.568. The number of aliphatic hydroxyl groups is 2. The molecule has 0 radical (unpaired) electrons. The van der Waals surface area contributed by atoms with Crippen molar-refractivity contribution in [1.29, 1.82) is 0 Å². The van der Waals surface area contributed by atoms with Crippen molar-refractivity contribution in [3.05, 3.63) is 29.8 Å². The summed E-state index contributed by atoms with van der Waals surface area (Å²) < 4.78 is 26.2. The van der Waals surface area contributed by atoms with Crippen LogP contribution in [0.3, 0.4) is 0 Å². The molecule has 1 heterocycles. The molecule has 0 saturated carbocycles. The topological polar surface area (TPSA) is 77.8 Å². The molecule has 106 valence electrons. The van der Waals surface area contributed by atoms with Crippen LogP contribution >= 0.6 is 0 Å². The third-order valence-electron chi connectivity index (χ3n) is 3.34. The van der Waals surface area contributed by atoms with Crippen LogP contribution in [0.4, 0.5) is 0 Å². The van der Waals surface area contributed by atoms with Gasteiger partial charge in [-0.1, -0.05) is 12.1 Å². The Labute approximate surface area is 113 Å². The van der Waals surface area contributed by atoms with E-state index in [1.54, 1.807) is 19.1 Å². The average molecular weight is 285 g/mol. The Hall–Kier alpha value is -0.950. The molecule has 1 aliphatic rings. The van der Waals surface area contributed by atoms with E-state index in [1.807, 2.05) is 0 Å². The van der Waals surface area contributed by atoms with Crippen LogP contribution in [-0.2, 0) is 10.0 Å². The maximum absolute atomic E-state index is 12.4. The summed E-state index contributed by atoms with van der Waals surface area (Å²) in [4.78, 5) is 0.167. The SMILES string of the molecule is CC(O)c1cccc(S(=O)(=O)N2CCCC(O)C2)c1. The molecule has 0 spiro atoms. The van der Waals surface area contributed by atoms with E-state index in [0.29, 0.717) is 24.9 Å². The molecule has 1 saturated heterocycles. The van der Waals surface area contributed by atoms with E-state index in [0.717, 1.165) is 0 Å². The zero-order chi connectivity index (χ0) is 14.0. The summed E-state index contributed by atoms with van der Waals surface area (Å²) in [5.74, 6) is 0. The van der Waals surface area contributed by atoms with Gasteiger partial charge in [-0.2, -0.15) is 4.31 Å². The lowest BCUT2D eigenvalue weighted by molar-refractivity contribution is 0.108. The fraction of sp³-hybridized carbons (Fsp3) is 0.538. The number of piperidine rings is 1. The molecule has 2 N–H and O–H groups in total. The van der Waals surface area contributed by atoms with Crippen molar-refractivity contribution >= 4 is 10.0 Å². The first-order valence-corrected chi connectivity index (χ1v) is 7.81. The number of rotatable bonds is 3. The molecule has 1 aromatic carbocycles. The minimum absolute atomic E-state index is 0.140. The fourth-order valence-corrected chi connectivity index (χ4v) is 3.79. The van der Waals surface area contributed by atoms with E-state index < -0.39 is 22.2 Å². The standard InChI is InChI=1S/C13H19NO4S/c1-10(15)11-4-2-6-13(8-11)19(17,18)14-7-3-5-12(16)9-14/h2,4,6,8,10,12,15-16H,3,5,7,9H2,1H3. The quantitative estimate of drug-likeness (QED) is 0.864. The number of β-amino-alcohol motifs (C(OH)–C–C–N with tert-alkyl or cyclic N) is 1. The second-order valence-electron chi connectivity index (χ2n) is 4.91. The Balaban J connectivity index is 2.31. The highest BCUT2D eigenvalue weighted by Crippen LogP contribution is 2.23. The first kappa shape index (κ1) is 14.5. The molecule has 0 amide bonds. The summed E-state index contributed by atoms with van der Waals surface area (Å²) >= 11 is 0. The molecule has 1 fully saturated rings. The second-order valence-corrected chi connectivity index (χ2v) is 6.85. The van der Waals surface area contributed by atoms with Gasteiger partial charge in [0, 0.05) is 13.1 Å². The Bertz CT molecular complexity index is 541. The average Bonchev–Trinajstić information content (AvgIpc) is 2.39. The largest absolute Gasteiger partial charge is 0.392 e. The number of aliphatic hydroxyl groups excluding tert-OH is 2. The number of hydrogen-bond acceptors (Lipinski definition) is 4. The third-order valence-corrected chi connectivity index (χ3v) is 5.20. The normalized spacial score (nSPS) is 23.2. The molecular formula is C13H19NO4S. The monoisotopic (exact) mass is 285 g/mol. The van der Waals surface area contributed by atoms with Gasteiger partial charge in [0.1, 0.15) is 0 Å². The summed E-state index contributed by atoms with van der Waals surface area (Å²) in [6.45, 7) is 2.16. The lowest BCUT2D eigenvalue weighted by Crippen LogP contribution is -2.42. The molecule has 2 rings (SSSR count). The Kier molecular flexibility index (Phi) is 4.25. The molecule has 2 atom stereocenters. The van der Waals surface area contributed by atoms with Gasteiger partial charge in [0.2, 0.25) is 10.0 Å². The minimum Gasteiger partial charge on any atom is -0.392 e. The molecule has 0 bridgehead atoms. The predicted octanol–water partition coefficient (Wildman–Crippen LogP) is 0.885. The molecule has 5 nitrogen and oxygen atoms in total. The van der Waals surface area contributed by atoms with Crippen molar-refractivity contribution in [2.75, 3.05) is 13.1 Å². The van der Waals surface area contributed by atoms with Crippen LogP contribution in [-0.4, -0.2) is 42.1 Å². The summed E-state index contributed by atoms with van der Waals surface area (Å²) in [6, 6.07) is 6.31. The molecular weight excluding hydrogens is 266 g/mol. The predicted molar refractivity (Wildman–Crippen MR) is 71.1 cm³/mol. The van der Waals surface area contributed by atoms with Gasteiger partial charge in [-0.25, -0.2) is 8.42 Å². The lowest BCUT2D eigenvalue weighted by Gasteiger charge is -2.29. The van der Waals surface area contributed by atoms with Crippen molar-refractivity contribution in [2.24, 2.45) is 0 Å². The van der Waals surface area contributed by atoms with E-state index in [9.17, 15) is 18.6 Å². The van der Waals surface area contributed by atoms with Gasteiger partial charge in [0.25, 0.3) is 0 Å². The van der Waals surface area contributed by atoms with Gasteiger partial charge in [0.05, 0.1) is 17.1 Å². The Morgan fingerprint density at radius 2 is 2.16 bits per heavy atom. The highest BCUT2D eigenvalue weighted by molar-refractivity contribution is 7.89. The van der Waals surface area contributed by atoms with Crippen LogP contribution < -0.4 is 0 Å². The fourth-order valence-electron chi connectivity index (χ4n) is 2.22. The van der Waals surface area contributed by atoms with E-state index in [2.05, 4.69) is 0 Å². The highest BCUT2D eigenvalue weighted by Gasteiger charge is 2.29. The van der Waals surface area contributed by atoms with Gasteiger partial charge >= 0.3 is 0 Å². The number of nitrogens with zero attached hydrogens (tertiary/aromatic N) is 1. The Morgan fingerprint density at radius 3 is 2.79 bits per heavy atom. The molecule has 1 aromatic rings. The van der Waals surface area contributed by atoms with Crippen LogP contribution in [0.5, 0.6) is 0 Å². The van der Waals surface area contributed by atoms with Crippen LogP contribution in [0.1, 0.15) is 31.4 Å². The van der Waals surface area contributed by atoms with Gasteiger partial charge in [-0.15, -0.1) is 0 Å². The van der Waals surface area contributed by atoms with E-state index >= 15 is 0 Å². The third kappa shape index (κ3) is 3.14. The number of benzene rings is 1. The Morgan fingerprint density at radius 1 is 1.42 bits per heavy atom. The first-order valence-electron chi connectivity index (χ1n) is 6.37. The van der Waals surface area contributed by atoms with Crippen molar-refractivity contribution in [3.8, 4) is 0 Å². The summed E-state index contributed by atoms with van der Waals surface area (Å²) in [5, 5.41) is 19.1. The zero-order valence-electron chi connectivity index (χ0n) is 10.9. The highest BCUT2D eigenvalue weighted by atomic mass is 32.2. The van der Waals surface area contributed by atoms with Crippen molar-refractivity contribution in [1.82, 2.24) is 4.31 Å². The molecule has 0 aromatic heterocycles. The smallest absolute Gasteiger partial charge is 0.243 e. The molecule has 2 unspecified atom stereocenters.